The van der Waals surface area contributed by atoms with Crippen LogP contribution < -0.4 is 0 Å². The van der Waals surface area contributed by atoms with Crippen LogP contribution in [0.25, 0.3) is 0 Å². The maximum absolute atomic E-state index is 10.5. The third-order valence-electron chi connectivity index (χ3n) is 1.62. The van der Waals surface area contributed by atoms with E-state index < -0.39 is 40.8 Å². The maximum Gasteiger partial charge on any atom is 0.398 e. The average molecular weight is 274 g/mol. The van der Waals surface area contributed by atoms with Crippen LogP contribution in [0.4, 0.5) is 0 Å². The molecule has 0 spiro atoms. The normalized spacial score (nSPS) is 19.1. The summed E-state index contributed by atoms with van der Waals surface area (Å²) in [6, 6.07) is 0. The highest BCUT2D eigenvalue weighted by Crippen LogP contribution is 2.10. The first-order chi connectivity index (χ1) is 7.60. The molecule has 0 rings (SSSR count). The van der Waals surface area contributed by atoms with E-state index >= 15 is 0 Å². The zero-order valence-electron chi connectivity index (χ0n) is 8.07. The molecular formula is C6H10O10S. The van der Waals surface area contributed by atoms with Crippen LogP contribution in [0.5, 0.6) is 0 Å². The highest BCUT2D eigenvalue weighted by atomic mass is 32.3. The van der Waals surface area contributed by atoms with Crippen molar-refractivity contribution >= 4 is 22.7 Å². The third kappa shape index (κ3) is 5.16. The van der Waals surface area contributed by atoms with Gasteiger partial charge in [0, 0.05) is 0 Å². The van der Waals surface area contributed by atoms with Gasteiger partial charge in [-0.05, 0) is 0 Å². The molecule has 0 aromatic heterocycles. The molecule has 10 nitrogen and oxygen atoms in total. The number of aliphatic hydroxyl groups is 3. The largest absolute Gasteiger partial charge is 0.479 e. The van der Waals surface area contributed by atoms with Crippen molar-refractivity contribution in [3.8, 4) is 0 Å². The lowest BCUT2D eigenvalue weighted by molar-refractivity contribution is -0.160. The van der Waals surface area contributed by atoms with Crippen LogP contribution in [0, 0.1) is 0 Å². The van der Waals surface area contributed by atoms with Gasteiger partial charge in [0.2, 0.25) is 6.10 Å². The molecule has 100 valence electrons. The van der Waals surface area contributed by atoms with Crippen molar-refractivity contribution in [3.05, 3.63) is 0 Å². The predicted octanol–water partition coefficient (Wildman–Crippen LogP) is -3.46. The van der Waals surface area contributed by atoms with Gasteiger partial charge in [-0.1, -0.05) is 0 Å². The molecule has 0 heterocycles. The number of carboxylic acid groups (broad SMARTS) is 1. The molecule has 4 atom stereocenters. The van der Waals surface area contributed by atoms with Crippen LogP contribution in [-0.4, -0.2) is 70.1 Å². The molecule has 0 aliphatic carbocycles. The Labute approximate surface area is 95.0 Å². The first kappa shape index (κ1) is 15.9. The Morgan fingerprint density at radius 1 is 1.18 bits per heavy atom. The van der Waals surface area contributed by atoms with Gasteiger partial charge in [0.05, 0.1) is 0 Å². The second-order valence-corrected chi connectivity index (χ2v) is 3.94. The molecule has 0 radical (unpaired) electrons. The molecule has 17 heavy (non-hydrogen) atoms. The van der Waals surface area contributed by atoms with Crippen molar-refractivity contribution in [2.24, 2.45) is 0 Å². The summed E-state index contributed by atoms with van der Waals surface area (Å²) in [4.78, 5) is 20.5. The summed E-state index contributed by atoms with van der Waals surface area (Å²) in [6.45, 7) is 0. The Morgan fingerprint density at radius 2 is 1.65 bits per heavy atom. The fraction of sp³-hybridized carbons (Fsp3) is 0.667. The molecule has 0 aromatic rings. The lowest BCUT2D eigenvalue weighted by atomic mass is 10.0. The SMILES string of the molecule is O=C[C@H](O)[C@@H](O)[C@H](O)[C@@H](OS(=O)(=O)O)C(=O)O. The second kappa shape index (κ2) is 6.00. The van der Waals surface area contributed by atoms with E-state index in [1.165, 1.54) is 0 Å². The van der Waals surface area contributed by atoms with Crippen molar-refractivity contribution in [2.45, 2.75) is 24.4 Å². The summed E-state index contributed by atoms with van der Waals surface area (Å²) < 4.78 is 32.3. The molecule has 0 bridgehead atoms. The predicted molar refractivity (Wildman–Crippen MR) is 48.1 cm³/mol. The van der Waals surface area contributed by atoms with E-state index in [1.807, 2.05) is 0 Å². The third-order valence-corrected chi connectivity index (χ3v) is 2.07. The van der Waals surface area contributed by atoms with E-state index in [-0.39, 0.29) is 6.29 Å². The first-order valence-corrected chi connectivity index (χ1v) is 5.34. The molecule has 0 fully saturated rings. The van der Waals surface area contributed by atoms with E-state index in [0.717, 1.165) is 0 Å². The topological polar surface area (TPSA) is 179 Å². The van der Waals surface area contributed by atoms with Gasteiger partial charge in [0.15, 0.2) is 6.29 Å². The van der Waals surface area contributed by atoms with Gasteiger partial charge >= 0.3 is 16.4 Å². The number of rotatable bonds is 7. The molecule has 0 aromatic carbocycles. The summed E-state index contributed by atoms with van der Waals surface area (Å²) in [5.74, 6) is -2.03. The summed E-state index contributed by atoms with van der Waals surface area (Å²) in [5, 5.41) is 35.5. The fourth-order valence-corrected chi connectivity index (χ4v) is 1.29. The van der Waals surface area contributed by atoms with Gasteiger partial charge in [0.1, 0.15) is 18.3 Å². The summed E-state index contributed by atoms with van der Waals surface area (Å²) in [6.07, 6.45) is -9.67. The summed E-state index contributed by atoms with van der Waals surface area (Å²) in [7, 11) is -5.20. The standard InChI is InChI=1S/C6H10O10S/c7-1-2(8)3(9)4(10)5(6(11)12)16-17(13,14)15/h1-5,8-10H,(H,11,12)(H,13,14,15)/t2-,3+,4-,5+/m0/s1. The average Bonchev–Trinajstić information content (AvgIpc) is 2.21. The first-order valence-electron chi connectivity index (χ1n) is 3.98. The molecule has 0 amide bonds. The van der Waals surface area contributed by atoms with Crippen LogP contribution >= 0.6 is 0 Å². The monoisotopic (exact) mass is 274 g/mol. The zero-order chi connectivity index (χ0) is 13.8. The van der Waals surface area contributed by atoms with Gasteiger partial charge in [-0.25, -0.2) is 8.98 Å². The number of carbonyl (C=O) groups excluding carboxylic acids is 1. The van der Waals surface area contributed by atoms with Crippen LogP contribution in [0.3, 0.4) is 0 Å². The number of aliphatic hydroxyl groups excluding tert-OH is 3. The highest BCUT2D eigenvalue weighted by Gasteiger charge is 2.39. The van der Waals surface area contributed by atoms with Gasteiger partial charge in [-0.3, -0.25) is 4.55 Å². The Hall–Kier alpha value is -1.11. The Balaban J connectivity index is 4.95. The summed E-state index contributed by atoms with van der Waals surface area (Å²) >= 11 is 0. The quantitative estimate of drug-likeness (QED) is 0.231. The molecular weight excluding hydrogens is 264 g/mol. The van der Waals surface area contributed by atoms with Crippen molar-refractivity contribution in [2.75, 3.05) is 0 Å². The Bertz CT molecular complexity index is 374. The highest BCUT2D eigenvalue weighted by molar-refractivity contribution is 7.80. The number of carboxylic acids is 1. The van der Waals surface area contributed by atoms with E-state index in [2.05, 4.69) is 4.18 Å². The number of aliphatic carboxylic acids is 1. The van der Waals surface area contributed by atoms with E-state index in [1.54, 1.807) is 0 Å². The smallest absolute Gasteiger partial charge is 0.398 e. The minimum atomic E-state index is -5.20. The molecule has 0 unspecified atom stereocenters. The summed E-state index contributed by atoms with van der Waals surface area (Å²) in [5.41, 5.74) is 0. The minimum absolute atomic E-state index is 0.208. The number of aldehydes is 1. The lowest BCUT2D eigenvalue weighted by Crippen LogP contribution is -2.49. The van der Waals surface area contributed by atoms with E-state index in [9.17, 15) is 18.0 Å². The second-order valence-electron chi connectivity index (χ2n) is 2.89. The lowest BCUT2D eigenvalue weighted by Gasteiger charge is -2.23. The molecule has 0 saturated heterocycles. The zero-order valence-corrected chi connectivity index (χ0v) is 8.89. The number of hydrogen-bond donors (Lipinski definition) is 5. The van der Waals surface area contributed by atoms with Gasteiger partial charge in [0.25, 0.3) is 0 Å². The Kier molecular flexibility index (Phi) is 5.60. The number of hydrogen-bond acceptors (Lipinski definition) is 8. The van der Waals surface area contributed by atoms with Crippen LogP contribution in [0.2, 0.25) is 0 Å². The van der Waals surface area contributed by atoms with E-state index in [0.29, 0.717) is 0 Å². The molecule has 5 N–H and O–H groups in total. The van der Waals surface area contributed by atoms with Crippen molar-refractivity contribution in [3.63, 3.8) is 0 Å². The van der Waals surface area contributed by atoms with Crippen LogP contribution in [0.1, 0.15) is 0 Å². The minimum Gasteiger partial charge on any atom is -0.479 e. The molecule has 0 saturated carbocycles. The number of carbonyl (C=O) groups is 2. The molecule has 0 aliphatic heterocycles. The van der Waals surface area contributed by atoms with Gasteiger partial charge < -0.3 is 25.2 Å². The molecule has 11 heteroatoms. The van der Waals surface area contributed by atoms with Gasteiger partial charge in [-0.15, -0.1) is 0 Å². The maximum atomic E-state index is 10.5. The Morgan fingerprint density at radius 3 is 1.94 bits per heavy atom. The van der Waals surface area contributed by atoms with Crippen molar-refractivity contribution in [1.82, 2.24) is 0 Å². The van der Waals surface area contributed by atoms with Crippen molar-refractivity contribution in [1.29, 1.82) is 0 Å². The molecule has 0 aliphatic rings. The van der Waals surface area contributed by atoms with Gasteiger partial charge in [-0.2, -0.15) is 8.42 Å². The van der Waals surface area contributed by atoms with Crippen LogP contribution in [-0.2, 0) is 24.2 Å². The fourth-order valence-electron chi connectivity index (χ4n) is 0.837. The van der Waals surface area contributed by atoms with Crippen molar-refractivity contribution < 1.29 is 47.2 Å². The van der Waals surface area contributed by atoms with E-state index in [4.69, 9.17) is 25.0 Å². The van der Waals surface area contributed by atoms with Crippen LogP contribution in [0.15, 0.2) is 0 Å².